The highest BCUT2D eigenvalue weighted by Gasteiger charge is 2.56. The Kier molecular flexibility index (Phi) is 3.97. The number of halogens is 3. The molecule has 2 fully saturated rings. The van der Waals surface area contributed by atoms with Crippen LogP contribution in [0.5, 0.6) is 0 Å². The van der Waals surface area contributed by atoms with Gasteiger partial charge >= 0.3 is 12.1 Å². The maximum absolute atomic E-state index is 12.9. The van der Waals surface area contributed by atoms with Gasteiger partial charge in [-0.3, -0.25) is 4.79 Å². The van der Waals surface area contributed by atoms with Crippen LogP contribution in [0.15, 0.2) is 0 Å². The predicted octanol–water partition coefficient (Wildman–Crippen LogP) is 2.18. The molecule has 1 heterocycles. The Morgan fingerprint density at radius 2 is 2.20 bits per heavy atom. The van der Waals surface area contributed by atoms with Gasteiger partial charge in [-0.2, -0.15) is 13.2 Å². The Bertz CT molecular complexity index is 410. The summed E-state index contributed by atoms with van der Waals surface area (Å²) in [6, 6.07) is -0.944. The maximum atomic E-state index is 12.9. The molecule has 7 heteroatoms. The van der Waals surface area contributed by atoms with Crippen LogP contribution >= 0.6 is 0 Å². The van der Waals surface area contributed by atoms with Crippen molar-refractivity contribution in [2.75, 3.05) is 6.61 Å². The molecule has 4 nitrogen and oxygen atoms in total. The number of alkyl halides is 3. The molecule has 1 spiro atoms. The van der Waals surface area contributed by atoms with E-state index in [1.807, 2.05) is 0 Å². The highest BCUT2D eigenvalue weighted by molar-refractivity contribution is 5.90. The standard InChI is InChI=1S/C13H18F3NO3/c1-2-20-11(19)10-12(7-9(18)17-10)5-3-4-8(6-12)13(14,15)16/h8,10H,2-7H2,1H3,(H,17,18). The summed E-state index contributed by atoms with van der Waals surface area (Å²) in [7, 11) is 0. The zero-order valence-corrected chi connectivity index (χ0v) is 11.3. The van der Waals surface area contributed by atoms with Gasteiger partial charge in [0.05, 0.1) is 12.5 Å². The minimum absolute atomic E-state index is 0.0247. The Morgan fingerprint density at radius 3 is 2.80 bits per heavy atom. The minimum Gasteiger partial charge on any atom is -0.464 e. The lowest BCUT2D eigenvalue weighted by Crippen LogP contribution is -2.48. The van der Waals surface area contributed by atoms with Crippen molar-refractivity contribution in [2.45, 2.75) is 51.2 Å². The quantitative estimate of drug-likeness (QED) is 0.794. The van der Waals surface area contributed by atoms with E-state index in [9.17, 15) is 22.8 Å². The van der Waals surface area contributed by atoms with Gasteiger partial charge in [0.15, 0.2) is 0 Å². The molecule has 0 radical (unpaired) electrons. The summed E-state index contributed by atoms with van der Waals surface area (Å²) in [5, 5.41) is 2.49. The third kappa shape index (κ3) is 2.76. The van der Waals surface area contributed by atoms with Crippen LogP contribution in [-0.4, -0.2) is 30.7 Å². The summed E-state index contributed by atoms with van der Waals surface area (Å²) in [5.74, 6) is -2.44. The largest absolute Gasteiger partial charge is 0.464 e. The molecular formula is C13H18F3NO3. The molecule has 0 aromatic carbocycles. The van der Waals surface area contributed by atoms with Crippen LogP contribution in [0.2, 0.25) is 0 Å². The van der Waals surface area contributed by atoms with Crippen molar-refractivity contribution in [3.8, 4) is 0 Å². The first kappa shape index (κ1) is 15.1. The molecule has 1 saturated heterocycles. The normalized spacial score (nSPS) is 34.1. The first-order valence-corrected chi connectivity index (χ1v) is 6.81. The van der Waals surface area contributed by atoms with Crippen molar-refractivity contribution >= 4 is 11.9 Å². The summed E-state index contributed by atoms with van der Waals surface area (Å²) in [4.78, 5) is 23.5. The van der Waals surface area contributed by atoms with Gasteiger partial charge in [0.1, 0.15) is 6.04 Å². The summed E-state index contributed by atoms with van der Waals surface area (Å²) >= 11 is 0. The first-order valence-electron chi connectivity index (χ1n) is 6.81. The smallest absolute Gasteiger partial charge is 0.391 e. The van der Waals surface area contributed by atoms with Crippen molar-refractivity contribution < 1.29 is 27.5 Å². The molecular weight excluding hydrogens is 275 g/mol. The lowest BCUT2D eigenvalue weighted by Gasteiger charge is -2.40. The molecule has 114 valence electrons. The van der Waals surface area contributed by atoms with Crippen molar-refractivity contribution in [1.29, 1.82) is 0 Å². The number of nitrogens with one attached hydrogen (secondary N) is 1. The van der Waals surface area contributed by atoms with E-state index in [1.165, 1.54) is 0 Å². The van der Waals surface area contributed by atoms with Crippen LogP contribution in [0.1, 0.15) is 39.0 Å². The molecule has 1 aliphatic carbocycles. The SMILES string of the molecule is CCOC(=O)C1NC(=O)CC12CCCC(C(F)(F)F)C2. The number of esters is 1. The number of carbonyl (C=O) groups is 2. The van der Waals surface area contributed by atoms with E-state index in [0.717, 1.165) is 0 Å². The number of amides is 1. The van der Waals surface area contributed by atoms with Crippen LogP contribution in [0.3, 0.4) is 0 Å². The molecule has 0 aromatic rings. The molecule has 0 bridgehead atoms. The maximum Gasteiger partial charge on any atom is 0.391 e. The topological polar surface area (TPSA) is 55.4 Å². The summed E-state index contributed by atoms with van der Waals surface area (Å²) in [6.45, 7) is 1.77. The van der Waals surface area contributed by atoms with Crippen molar-refractivity contribution in [3.63, 3.8) is 0 Å². The van der Waals surface area contributed by atoms with Gasteiger partial charge in [-0.15, -0.1) is 0 Å². The Hall–Kier alpha value is -1.27. The van der Waals surface area contributed by atoms with Gasteiger partial charge in [-0.1, -0.05) is 6.42 Å². The third-order valence-corrected chi connectivity index (χ3v) is 4.30. The average molecular weight is 293 g/mol. The van der Waals surface area contributed by atoms with Crippen molar-refractivity contribution in [1.82, 2.24) is 5.32 Å². The van der Waals surface area contributed by atoms with Gasteiger partial charge in [-0.25, -0.2) is 4.79 Å². The number of ether oxygens (including phenoxy) is 1. The fraction of sp³-hybridized carbons (Fsp3) is 0.846. The second kappa shape index (κ2) is 5.26. The van der Waals surface area contributed by atoms with E-state index in [0.29, 0.717) is 12.8 Å². The number of hydrogen-bond donors (Lipinski definition) is 1. The second-order valence-corrected chi connectivity index (χ2v) is 5.63. The molecule has 1 amide bonds. The van der Waals surface area contributed by atoms with Gasteiger partial charge in [0.25, 0.3) is 0 Å². The van der Waals surface area contributed by atoms with Crippen molar-refractivity contribution in [3.05, 3.63) is 0 Å². The van der Waals surface area contributed by atoms with Gasteiger partial charge in [-0.05, 0) is 26.2 Å². The molecule has 0 aromatic heterocycles. The molecule has 1 aliphatic heterocycles. The highest BCUT2D eigenvalue weighted by Crippen LogP contribution is 2.51. The molecule has 1 N–H and O–H groups in total. The molecule has 20 heavy (non-hydrogen) atoms. The zero-order valence-electron chi connectivity index (χ0n) is 11.3. The van der Waals surface area contributed by atoms with Crippen LogP contribution in [0, 0.1) is 11.3 Å². The number of carbonyl (C=O) groups excluding carboxylic acids is 2. The number of rotatable bonds is 2. The minimum atomic E-state index is -4.28. The van der Waals surface area contributed by atoms with Gasteiger partial charge < -0.3 is 10.1 Å². The van der Waals surface area contributed by atoms with E-state index in [1.54, 1.807) is 6.92 Å². The molecule has 3 unspecified atom stereocenters. The lowest BCUT2D eigenvalue weighted by atomic mass is 9.65. The predicted molar refractivity (Wildman–Crippen MR) is 63.6 cm³/mol. The summed E-state index contributed by atoms with van der Waals surface area (Å²) in [5.41, 5.74) is -0.943. The first-order chi connectivity index (χ1) is 9.28. The lowest BCUT2D eigenvalue weighted by molar-refractivity contribution is -0.194. The van der Waals surface area contributed by atoms with E-state index in [2.05, 4.69) is 5.32 Å². The van der Waals surface area contributed by atoms with Gasteiger partial charge in [0.2, 0.25) is 5.91 Å². The fourth-order valence-electron chi connectivity index (χ4n) is 3.42. The van der Waals surface area contributed by atoms with Crippen molar-refractivity contribution in [2.24, 2.45) is 11.3 Å². The number of hydrogen-bond acceptors (Lipinski definition) is 3. The zero-order chi connectivity index (χ0) is 15.0. The molecule has 1 saturated carbocycles. The van der Waals surface area contributed by atoms with Crippen LogP contribution in [0.4, 0.5) is 13.2 Å². The van der Waals surface area contributed by atoms with E-state index in [-0.39, 0.29) is 31.8 Å². The highest BCUT2D eigenvalue weighted by atomic mass is 19.4. The third-order valence-electron chi connectivity index (χ3n) is 4.30. The molecule has 3 atom stereocenters. The fourth-order valence-corrected chi connectivity index (χ4v) is 3.42. The summed E-state index contributed by atoms with van der Waals surface area (Å²) < 4.78 is 43.7. The van der Waals surface area contributed by atoms with Gasteiger partial charge in [0, 0.05) is 11.8 Å². The Balaban J connectivity index is 2.21. The average Bonchev–Trinajstić information content (AvgIpc) is 2.65. The molecule has 2 rings (SSSR count). The van der Waals surface area contributed by atoms with E-state index < -0.39 is 29.5 Å². The monoisotopic (exact) mass is 293 g/mol. The summed E-state index contributed by atoms with van der Waals surface area (Å²) in [6.07, 6.45) is -3.61. The van der Waals surface area contributed by atoms with Crippen LogP contribution < -0.4 is 5.32 Å². The van der Waals surface area contributed by atoms with Crippen LogP contribution in [0.25, 0.3) is 0 Å². The Labute approximate surface area is 115 Å². The second-order valence-electron chi connectivity index (χ2n) is 5.63. The van der Waals surface area contributed by atoms with E-state index in [4.69, 9.17) is 4.74 Å². The van der Waals surface area contributed by atoms with Crippen LogP contribution in [-0.2, 0) is 14.3 Å². The van der Waals surface area contributed by atoms with E-state index >= 15 is 0 Å². The Morgan fingerprint density at radius 1 is 1.50 bits per heavy atom. The molecule has 2 aliphatic rings.